The number of nitrogens with zero attached hydrogens (tertiary/aromatic N) is 1. The molecule has 0 aromatic heterocycles. The van der Waals surface area contributed by atoms with Crippen molar-refractivity contribution in [2.75, 3.05) is 32.6 Å². The van der Waals surface area contributed by atoms with Crippen molar-refractivity contribution in [3.05, 3.63) is 65.2 Å². The molecular formula is C24H30N2O3. The van der Waals surface area contributed by atoms with Crippen LogP contribution < -0.4 is 10.1 Å². The number of benzene rings is 2. The minimum Gasteiger partial charge on any atom is -0.496 e. The predicted octanol–water partition coefficient (Wildman–Crippen LogP) is 4.27. The molecule has 1 aliphatic rings. The van der Waals surface area contributed by atoms with Gasteiger partial charge in [-0.3, -0.25) is 4.79 Å². The second-order valence-corrected chi connectivity index (χ2v) is 7.52. The van der Waals surface area contributed by atoms with Gasteiger partial charge in [0.25, 0.3) is 0 Å². The summed E-state index contributed by atoms with van der Waals surface area (Å²) in [5, 5.41) is 2.91. The van der Waals surface area contributed by atoms with E-state index in [9.17, 15) is 4.79 Å². The zero-order valence-corrected chi connectivity index (χ0v) is 17.5. The van der Waals surface area contributed by atoms with Crippen molar-refractivity contribution in [3.8, 4) is 5.75 Å². The summed E-state index contributed by atoms with van der Waals surface area (Å²) in [5.74, 6) is 0.652. The molecule has 1 N–H and O–H groups in total. The van der Waals surface area contributed by atoms with Gasteiger partial charge in [0.2, 0.25) is 5.91 Å². The van der Waals surface area contributed by atoms with Crippen molar-refractivity contribution in [1.29, 1.82) is 0 Å². The fourth-order valence-corrected chi connectivity index (χ4v) is 3.43. The first-order valence-corrected chi connectivity index (χ1v) is 10.1. The molecule has 5 heteroatoms. The van der Waals surface area contributed by atoms with Crippen molar-refractivity contribution >= 4 is 17.7 Å². The summed E-state index contributed by atoms with van der Waals surface area (Å²) >= 11 is 0. The molecule has 2 aromatic carbocycles. The number of aryl methyl sites for hydroxylation is 1. The number of amides is 1. The molecule has 2 aromatic rings. The largest absolute Gasteiger partial charge is 0.496 e. The number of piperidine rings is 1. The van der Waals surface area contributed by atoms with Gasteiger partial charge in [0, 0.05) is 30.4 Å². The lowest BCUT2D eigenvalue weighted by Gasteiger charge is -2.29. The van der Waals surface area contributed by atoms with Crippen molar-refractivity contribution in [2.45, 2.75) is 32.5 Å². The van der Waals surface area contributed by atoms with Crippen LogP contribution in [0.5, 0.6) is 5.75 Å². The van der Waals surface area contributed by atoms with Crippen LogP contribution in [0.1, 0.15) is 29.5 Å². The zero-order valence-electron chi connectivity index (χ0n) is 17.5. The number of ether oxygens (including phenoxy) is 2. The highest BCUT2D eigenvalue weighted by molar-refractivity contribution is 6.02. The first kappa shape index (κ1) is 21.1. The SMILES string of the molecule is COc1ccc(/C=C/C(=O)Nc2ccccc2C)cc1COC1CCN(C)CC1. The molecule has 0 unspecified atom stereocenters. The number of nitrogens with one attached hydrogen (secondary N) is 1. The number of likely N-dealkylation sites (tertiary alicyclic amines) is 1. The van der Waals surface area contributed by atoms with Crippen LogP contribution in [0.25, 0.3) is 6.08 Å². The Kier molecular flexibility index (Phi) is 7.44. The summed E-state index contributed by atoms with van der Waals surface area (Å²) in [5.41, 5.74) is 3.79. The lowest BCUT2D eigenvalue weighted by Crippen LogP contribution is -2.34. The minimum atomic E-state index is -0.153. The third-order valence-electron chi connectivity index (χ3n) is 5.27. The Bertz CT molecular complexity index is 855. The molecule has 0 atom stereocenters. The van der Waals surface area contributed by atoms with E-state index in [1.807, 2.05) is 55.5 Å². The fourth-order valence-electron chi connectivity index (χ4n) is 3.43. The highest BCUT2D eigenvalue weighted by Gasteiger charge is 2.17. The van der Waals surface area contributed by atoms with E-state index in [1.54, 1.807) is 13.2 Å². The lowest BCUT2D eigenvalue weighted by molar-refractivity contribution is -0.111. The highest BCUT2D eigenvalue weighted by atomic mass is 16.5. The molecule has 0 aliphatic carbocycles. The summed E-state index contributed by atoms with van der Waals surface area (Å²) in [6.45, 7) is 4.62. The first-order chi connectivity index (χ1) is 14.0. The van der Waals surface area contributed by atoms with Crippen LogP contribution in [0.2, 0.25) is 0 Å². The van der Waals surface area contributed by atoms with E-state index < -0.39 is 0 Å². The topological polar surface area (TPSA) is 50.8 Å². The normalized spacial score (nSPS) is 15.6. The molecule has 1 fully saturated rings. The molecule has 1 heterocycles. The molecule has 154 valence electrons. The average Bonchev–Trinajstić information content (AvgIpc) is 2.73. The molecule has 0 radical (unpaired) electrons. The minimum absolute atomic E-state index is 0.153. The summed E-state index contributed by atoms with van der Waals surface area (Å²) < 4.78 is 11.6. The van der Waals surface area contributed by atoms with Crippen molar-refractivity contribution < 1.29 is 14.3 Å². The molecule has 0 saturated carbocycles. The standard InChI is InChI=1S/C24H30N2O3/c1-18-6-4-5-7-22(18)25-24(27)11-9-19-8-10-23(28-3)20(16-19)17-29-21-12-14-26(2)15-13-21/h4-11,16,21H,12-15,17H2,1-3H3,(H,25,27)/b11-9+. The number of hydrogen-bond acceptors (Lipinski definition) is 4. The van der Waals surface area contributed by atoms with Crippen LogP contribution in [-0.2, 0) is 16.1 Å². The van der Waals surface area contributed by atoms with Crippen LogP contribution in [0.15, 0.2) is 48.5 Å². The van der Waals surface area contributed by atoms with Gasteiger partial charge in [0.05, 0.1) is 19.8 Å². The van der Waals surface area contributed by atoms with Crippen molar-refractivity contribution in [3.63, 3.8) is 0 Å². The Morgan fingerprint density at radius 3 is 2.69 bits per heavy atom. The van der Waals surface area contributed by atoms with E-state index in [2.05, 4.69) is 17.3 Å². The van der Waals surface area contributed by atoms with Gasteiger partial charge in [-0.1, -0.05) is 24.3 Å². The van der Waals surface area contributed by atoms with Gasteiger partial charge in [-0.25, -0.2) is 0 Å². The molecule has 5 nitrogen and oxygen atoms in total. The maximum absolute atomic E-state index is 12.3. The smallest absolute Gasteiger partial charge is 0.248 e. The Labute approximate surface area is 173 Å². The number of anilines is 1. The van der Waals surface area contributed by atoms with E-state index in [1.165, 1.54) is 0 Å². The van der Waals surface area contributed by atoms with Gasteiger partial charge < -0.3 is 19.7 Å². The number of rotatable bonds is 7. The van der Waals surface area contributed by atoms with Crippen molar-refractivity contribution in [1.82, 2.24) is 4.90 Å². The van der Waals surface area contributed by atoms with Crippen LogP contribution in [0.4, 0.5) is 5.69 Å². The summed E-state index contributed by atoms with van der Waals surface area (Å²) in [6.07, 6.45) is 5.76. The molecule has 0 bridgehead atoms. The Balaban J connectivity index is 1.62. The maximum Gasteiger partial charge on any atom is 0.248 e. The van der Waals surface area contributed by atoms with E-state index in [0.29, 0.717) is 6.61 Å². The molecule has 3 rings (SSSR count). The van der Waals surface area contributed by atoms with Gasteiger partial charge in [-0.05, 0) is 62.2 Å². The number of hydrogen-bond donors (Lipinski definition) is 1. The summed E-state index contributed by atoms with van der Waals surface area (Å²) in [6, 6.07) is 13.6. The van der Waals surface area contributed by atoms with E-state index in [4.69, 9.17) is 9.47 Å². The third-order valence-corrected chi connectivity index (χ3v) is 5.27. The zero-order chi connectivity index (χ0) is 20.6. The summed E-state index contributed by atoms with van der Waals surface area (Å²) in [7, 11) is 3.81. The van der Waals surface area contributed by atoms with E-state index >= 15 is 0 Å². The molecule has 0 spiro atoms. The Hall–Kier alpha value is -2.63. The fraction of sp³-hybridized carbons (Fsp3) is 0.375. The third kappa shape index (κ3) is 6.17. The second kappa shape index (κ2) is 10.2. The number of carbonyl (C=O) groups excluding carboxylic acids is 1. The summed E-state index contributed by atoms with van der Waals surface area (Å²) in [4.78, 5) is 14.6. The number of carbonyl (C=O) groups is 1. The highest BCUT2D eigenvalue weighted by Crippen LogP contribution is 2.24. The van der Waals surface area contributed by atoms with Crippen LogP contribution in [-0.4, -0.2) is 44.2 Å². The van der Waals surface area contributed by atoms with Gasteiger partial charge >= 0.3 is 0 Å². The van der Waals surface area contributed by atoms with Gasteiger partial charge in [-0.2, -0.15) is 0 Å². The van der Waals surface area contributed by atoms with Crippen molar-refractivity contribution in [2.24, 2.45) is 0 Å². The quantitative estimate of drug-likeness (QED) is 0.713. The first-order valence-electron chi connectivity index (χ1n) is 10.1. The van der Waals surface area contributed by atoms with Gasteiger partial charge in [0.15, 0.2) is 0 Å². The Morgan fingerprint density at radius 2 is 1.97 bits per heavy atom. The number of para-hydroxylation sites is 1. The molecule has 1 saturated heterocycles. The predicted molar refractivity (Wildman–Crippen MR) is 117 cm³/mol. The van der Waals surface area contributed by atoms with E-state index in [-0.39, 0.29) is 12.0 Å². The molecular weight excluding hydrogens is 364 g/mol. The monoisotopic (exact) mass is 394 g/mol. The lowest BCUT2D eigenvalue weighted by atomic mass is 10.1. The number of methoxy groups -OCH3 is 1. The van der Waals surface area contributed by atoms with Crippen LogP contribution in [0, 0.1) is 6.92 Å². The average molecular weight is 395 g/mol. The van der Waals surface area contributed by atoms with Crippen LogP contribution >= 0.6 is 0 Å². The van der Waals surface area contributed by atoms with E-state index in [0.717, 1.165) is 54.1 Å². The van der Waals surface area contributed by atoms with Crippen LogP contribution in [0.3, 0.4) is 0 Å². The molecule has 1 aliphatic heterocycles. The molecule has 1 amide bonds. The van der Waals surface area contributed by atoms with Gasteiger partial charge in [0.1, 0.15) is 5.75 Å². The molecule has 29 heavy (non-hydrogen) atoms. The maximum atomic E-state index is 12.3. The Morgan fingerprint density at radius 1 is 1.21 bits per heavy atom. The second-order valence-electron chi connectivity index (χ2n) is 7.52. The van der Waals surface area contributed by atoms with Gasteiger partial charge in [-0.15, -0.1) is 0 Å².